The second kappa shape index (κ2) is 5.42. The van der Waals surface area contributed by atoms with Crippen LogP contribution in [-0.4, -0.2) is 37.1 Å². The molecule has 0 bridgehead atoms. The number of amides is 1. The van der Waals surface area contributed by atoms with Gasteiger partial charge in [-0.15, -0.1) is 11.3 Å². The first-order valence-corrected chi connectivity index (χ1v) is 7.62. The highest BCUT2D eigenvalue weighted by atomic mass is 32.1. The molecule has 5 heteroatoms. The van der Waals surface area contributed by atoms with Crippen molar-refractivity contribution in [3.05, 3.63) is 29.1 Å². The molecule has 3 rings (SSSR count). The molecule has 1 aliphatic rings. The molecule has 1 aliphatic heterocycles. The Kier molecular flexibility index (Phi) is 3.63. The third-order valence-electron chi connectivity index (χ3n) is 3.89. The molecule has 2 aromatic rings. The summed E-state index contributed by atoms with van der Waals surface area (Å²) in [4.78, 5) is 15.1. The molecule has 0 saturated carbocycles. The van der Waals surface area contributed by atoms with E-state index in [4.69, 9.17) is 10.5 Å². The highest BCUT2D eigenvalue weighted by Gasteiger charge is 2.26. The minimum Gasteiger partial charge on any atom is -0.397 e. The van der Waals surface area contributed by atoms with Crippen LogP contribution in [0.5, 0.6) is 0 Å². The van der Waals surface area contributed by atoms with Gasteiger partial charge < -0.3 is 15.4 Å². The molecule has 0 atom stereocenters. The van der Waals surface area contributed by atoms with E-state index in [1.165, 1.54) is 11.3 Å². The third kappa shape index (κ3) is 2.27. The molecular weight excluding hydrogens is 272 g/mol. The van der Waals surface area contributed by atoms with Gasteiger partial charge >= 0.3 is 0 Å². The van der Waals surface area contributed by atoms with Crippen LogP contribution in [0.15, 0.2) is 24.3 Å². The van der Waals surface area contributed by atoms with Gasteiger partial charge in [0.25, 0.3) is 5.91 Å². The summed E-state index contributed by atoms with van der Waals surface area (Å²) in [6.07, 6.45) is 1.79. The minimum atomic E-state index is 0.0237. The minimum absolute atomic E-state index is 0.0237. The molecule has 1 saturated heterocycles. The highest BCUT2D eigenvalue weighted by molar-refractivity contribution is 7.21. The van der Waals surface area contributed by atoms with Crippen LogP contribution < -0.4 is 5.73 Å². The van der Waals surface area contributed by atoms with Crippen LogP contribution >= 0.6 is 11.3 Å². The predicted molar refractivity (Wildman–Crippen MR) is 82.2 cm³/mol. The molecule has 1 aromatic heterocycles. The summed E-state index contributed by atoms with van der Waals surface area (Å²) in [6.45, 7) is 1.45. The van der Waals surface area contributed by atoms with E-state index in [1.807, 2.05) is 36.2 Å². The summed E-state index contributed by atoms with van der Waals surface area (Å²) in [5.74, 6) is 0.0237. The number of fused-ring (bicyclic) bond motifs is 1. The first-order valence-electron chi connectivity index (χ1n) is 6.80. The zero-order valence-electron chi connectivity index (χ0n) is 11.5. The van der Waals surface area contributed by atoms with Crippen molar-refractivity contribution in [2.24, 2.45) is 0 Å². The maximum Gasteiger partial charge on any atom is 0.266 e. The van der Waals surface area contributed by atoms with Gasteiger partial charge in [0.2, 0.25) is 0 Å². The van der Waals surface area contributed by atoms with Crippen molar-refractivity contribution in [1.29, 1.82) is 0 Å². The lowest BCUT2D eigenvalue weighted by molar-refractivity contribution is 0.0365. The molecule has 20 heavy (non-hydrogen) atoms. The largest absolute Gasteiger partial charge is 0.397 e. The zero-order valence-corrected chi connectivity index (χ0v) is 12.3. The van der Waals surface area contributed by atoms with Crippen LogP contribution in [0, 0.1) is 0 Å². The zero-order chi connectivity index (χ0) is 14.1. The van der Waals surface area contributed by atoms with Crippen molar-refractivity contribution in [3.8, 4) is 0 Å². The lowest BCUT2D eigenvalue weighted by atomic mass is 10.1. The number of anilines is 1. The second-order valence-electron chi connectivity index (χ2n) is 5.10. The van der Waals surface area contributed by atoms with Gasteiger partial charge in [-0.2, -0.15) is 0 Å². The first-order chi connectivity index (χ1) is 9.68. The molecule has 1 aromatic carbocycles. The standard InChI is InChI=1S/C15H18N2O2S/c1-17(10-6-8-19-9-7-10)15(18)14-13(16)11-4-2-3-5-12(11)20-14/h2-5,10H,6-9,16H2,1H3. The molecule has 4 nitrogen and oxygen atoms in total. The van der Waals surface area contributed by atoms with Crippen molar-refractivity contribution < 1.29 is 9.53 Å². The van der Waals surface area contributed by atoms with Crippen LogP contribution in [0.4, 0.5) is 5.69 Å². The van der Waals surface area contributed by atoms with Gasteiger partial charge in [0.05, 0.1) is 5.69 Å². The summed E-state index contributed by atoms with van der Waals surface area (Å²) in [6, 6.07) is 8.13. The normalized spacial score (nSPS) is 16.4. The Morgan fingerprint density at radius 1 is 1.35 bits per heavy atom. The van der Waals surface area contributed by atoms with E-state index in [0.29, 0.717) is 10.6 Å². The Morgan fingerprint density at radius 3 is 2.75 bits per heavy atom. The maximum atomic E-state index is 12.6. The van der Waals surface area contributed by atoms with Gasteiger partial charge in [-0.3, -0.25) is 4.79 Å². The summed E-state index contributed by atoms with van der Waals surface area (Å²) in [5.41, 5.74) is 6.75. The Balaban J connectivity index is 1.89. The van der Waals surface area contributed by atoms with E-state index in [2.05, 4.69) is 0 Å². The molecular formula is C15H18N2O2S. The van der Waals surface area contributed by atoms with Crippen molar-refractivity contribution in [3.63, 3.8) is 0 Å². The van der Waals surface area contributed by atoms with Gasteiger partial charge in [0.15, 0.2) is 0 Å². The number of nitrogens with zero attached hydrogens (tertiary/aromatic N) is 1. The lowest BCUT2D eigenvalue weighted by Crippen LogP contribution is -2.40. The highest BCUT2D eigenvalue weighted by Crippen LogP contribution is 2.34. The third-order valence-corrected chi connectivity index (χ3v) is 5.06. The van der Waals surface area contributed by atoms with Gasteiger partial charge in [0, 0.05) is 36.4 Å². The van der Waals surface area contributed by atoms with Gasteiger partial charge in [-0.1, -0.05) is 18.2 Å². The molecule has 0 spiro atoms. The average Bonchev–Trinajstić information content (AvgIpc) is 2.84. The van der Waals surface area contributed by atoms with Crippen molar-refractivity contribution in [2.45, 2.75) is 18.9 Å². The number of hydrogen-bond acceptors (Lipinski definition) is 4. The van der Waals surface area contributed by atoms with Crippen LogP contribution in [0.1, 0.15) is 22.5 Å². The van der Waals surface area contributed by atoms with E-state index in [1.54, 1.807) is 0 Å². The van der Waals surface area contributed by atoms with Crippen LogP contribution in [0.2, 0.25) is 0 Å². The number of thiophene rings is 1. The molecule has 1 amide bonds. The molecule has 2 heterocycles. The molecule has 2 N–H and O–H groups in total. The quantitative estimate of drug-likeness (QED) is 0.925. The SMILES string of the molecule is CN(C(=O)c1sc2ccccc2c1N)C1CCOCC1. The Bertz CT molecular complexity index is 632. The fraction of sp³-hybridized carbons (Fsp3) is 0.400. The van der Waals surface area contributed by atoms with E-state index in [-0.39, 0.29) is 11.9 Å². The maximum absolute atomic E-state index is 12.6. The lowest BCUT2D eigenvalue weighted by Gasteiger charge is -2.31. The summed E-state index contributed by atoms with van der Waals surface area (Å²) in [5, 5.41) is 0.973. The number of rotatable bonds is 2. The second-order valence-corrected chi connectivity index (χ2v) is 6.15. The Labute approximate surface area is 122 Å². The summed E-state index contributed by atoms with van der Waals surface area (Å²) < 4.78 is 6.41. The van der Waals surface area contributed by atoms with E-state index >= 15 is 0 Å². The number of carbonyl (C=O) groups is 1. The fourth-order valence-corrected chi connectivity index (χ4v) is 3.73. The topological polar surface area (TPSA) is 55.6 Å². The number of hydrogen-bond donors (Lipinski definition) is 1. The van der Waals surface area contributed by atoms with Crippen LogP contribution in [0.3, 0.4) is 0 Å². The number of nitrogen functional groups attached to an aromatic ring is 1. The number of ether oxygens (including phenoxy) is 1. The van der Waals surface area contributed by atoms with Gasteiger partial charge in [-0.25, -0.2) is 0 Å². The van der Waals surface area contributed by atoms with Crippen molar-refractivity contribution in [1.82, 2.24) is 4.90 Å². The smallest absolute Gasteiger partial charge is 0.266 e. The molecule has 1 fully saturated rings. The number of nitrogens with two attached hydrogens (primary N) is 1. The molecule has 0 unspecified atom stereocenters. The molecule has 0 radical (unpaired) electrons. The molecule has 0 aliphatic carbocycles. The number of carbonyl (C=O) groups excluding carboxylic acids is 1. The van der Waals surface area contributed by atoms with Crippen molar-refractivity contribution >= 4 is 33.0 Å². The van der Waals surface area contributed by atoms with Crippen LogP contribution in [0.25, 0.3) is 10.1 Å². The van der Waals surface area contributed by atoms with E-state index < -0.39 is 0 Å². The fourth-order valence-electron chi connectivity index (χ4n) is 2.62. The molecule has 106 valence electrons. The average molecular weight is 290 g/mol. The van der Waals surface area contributed by atoms with Crippen LogP contribution in [-0.2, 0) is 4.74 Å². The van der Waals surface area contributed by atoms with E-state index in [9.17, 15) is 4.79 Å². The summed E-state index contributed by atoms with van der Waals surface area (Å²) in [7, 11) is 1.86. The Hall–Kier alpha value is -1.59. The van der Waals surface area contributed by atoms with Crippen molar-refractivity contribution in [2.75, 3.05) is 26.0 Å². The first kappa shape index (κ1) is 13.4. The van der Waals surface area contributed by atoms with E-state index in [0.717, 1.165) is 36.1 Å². The predicted octanol–water partition coefficient (Wildman–Crippen LogP) is 2.73. The Morgan fingerprint density at radius 2 is 2.05 bits per heavy atom. The number of benzene rings is 1. The monoisotopic (exact) mass is 290 g/mol. The van der Waals surface area contributed by atoms with Gasteiger partial charge in [0.1, 0.15) is 4.88 Å². The van der Waals surface area contributed by atoms with Gasteiger partial charge in [-0.05, 0) is 18.9 Å². The summed E-state index contributed by atoms with van der Waals surface area (Å²) >= 11 is 1.48.